The Morgan fingerprint density at radius 1 is 0.857 bits per heavy atom. The van der Waals surface area contributed by atoms with Gasteiger partial charge in [-0.15, -0.1) is 0 Å². The molecular formula is C44H49N5O7. The molecule has 0 bridgehead atoms. The van der Waals surface area contributed by atoms with Crippen LogP contribution in [0.3, 0.4) is 0 Å². The van der Waals surface area contributed by atoms with Gasteiger partial charge in [0.05, 0.1) is 44.4 Å². The second-order valence-corrected chi connectivity index (χ2v) is 14.8. The first kappa shape index (κ1) is 39.7. The number of nitrogens with two attached hydrogens (primary N) is 1. The van der Waals surface area contributed by atoms with E-state index in [0.717, 1.165) is 41.5 Å². The van der Waals surface area contributed by atoms with E-state index in [1.54, 1.807) is 36.5 Å². The zero-order chi connectivity index (χ0) is 39.8. The van der Waals surface area contributed by atoms with E-state index < -0.39 is 11.9 Å². The number of anilines is 2. The second-order valence-electron chi connectivity index (χ2n) is 14.8. The Kier molecular flexibility index (Phi) is 12.5. The summed E-state index contributed by atoms with van der Waals surface area (Å²) in [6.45, 7) is 10.2. The molecule has 12 nitrogen and oxygen atoms in total. The number of methoxy groups -OCH3 is 2. The van der Waals surface area contributed by atoms with Crippen molar-refractivity contribution in [1.82, 2.24) is 9.88 Å². The smallest absolute Gasteiger partial charge is 0.323 e. The number of carbonyl (C=O) groups excluding carboxylic acids is 3. The fraction of sp³-hybridized carbons (Fsp3) is 0.318. The first-order chi connectivity index (χ1) is 26.9. The average molecular weight is 760 g/mol. The van der Waals surface area contributed by atoms with Crippen molar-refractivity contribution in [1.29, 1.82) is 0 Å². The molecule has 12 heteroatoms. The summed E-state index contributed by atoms with van der Waals surface area (Å²) >= 11 is 0. The number of rotatable bonds is 14. The number of nitrogens with zero attached hydrogens (tertiary/aromatic N) is 2. The summed E-state index contributed by atoms with van der Waals surface area (Å²) < 4.78 is 23.0. The molecule has 5 aromatic rings. The molecule has 1 aliphatic rings. The average Bonchev–Trinajstić information content (AvgIpc) is 3.18. The Labute approximate surface area is 327 Å². The number of benzene rings is 4. The van der Waals surface area contributed by atoms with Crippen LogP contribution in [0.5, 0.6) is 23.0 Å². The number of fused-ring (bicyclic) bond motifs is 1. The fourth-order valence-corrected chi connectivity index (χ4v) is 6.72. The summed E-state index contributed by atoms with van der Waals surface area (Å²) in [6, 6.07) is 23.2. The number of hydrogen-bond donors (Lipinski definition) is 3. The Bertz CT molecular complexity index is 2230. The number of amides is 3. The van der Waals surface area contributed by atoms with Crippen molar-refractivity contribution in [3.63, 3.8) is 0 Å². The SMILES string of the molecule is COc1cc(Cc2cc(Oc3ccc(NC(=O)Nc4cc(C(C)(C)C)cc(C(=O)CCCN5CCOCC5)c4OC)c4ccccc34)ccn2)cc(C(N)=O)c1. The molecule has 0 spiro atoms. The van der Waals surface area contributed by atoms with Gasteiger partial charge in [0.25, 0.3) is 0 Å². The van der Waals surface area contributed by atoms with Crippen LogP contribution in [0.25, 0.3) is 10.8 Å². The zero-order valence-corrected chi connectivity index (χ0v) is 32.6. The van der Waals surface area contributed by atoms with Gasteiger partial charge in [0.1, 0.15) is 17.2 Å². The predicted molar refractivity (Wildman–Crippen MR) is 218 cm³/mol. The predicted octanol–water partition coefficient (Wildman–Crippen LogP) is 7.97. The highest BCUT2D eigenvalue weighted by Gasteiger charge is 2.24. The number of hydrogen-bond acceptors (Lipinski definition) is 9. The Morgan fingerprint density at radius 3 is 2.32 bits per heavy atom. The molecule has 3 amide bonds. The minimum atomic E-state index is -0.543. The lowest BCUT2D eigenvalue weighted by Gasteiger charge is -2.26. The van der Waals surface area contributed by atoms with Gasteiger partial charge >= 0.3 is 6.03 Å². The van der Waals surface area contributed by atoms with Gasteiger partial charge in [-0.05, 0) is 78.0 Å². The molecule has 6 rings (SSSR count). The van der Waals surface area contributed by atoms with Crippen LogP contribution in [0.15, 0.2) is 85.1 Å². The molecule has 1 aromatic heterocycles. The fourth-order valence-electron chi connectivity index (χ4n) is 6.72. The third kappa shape index (κ3) is 9.81. The molecule has 0 aliphatic carbocycles. The van der Waals surface area contributed by atoms with Crippen molar-refractivity contribution in [3.8, 4) is 23.0 Å². The van der Waals surface area contributed by atoms with Gasteiger partial charge in [-0.3, -0.25) is 19.5 Å². The van der Waals surface area contributed by atoms with Gasteiger partial charge in [0.15, 0.2) is 11.5 Å². The largest absolute Gasteiger partial charge is 0.497 e. The van der Waals surface area contributed by atoms with Gasteiger partial charge in [-0.25, -0.2) is 4.79 Å². The van der Waals surface area contributed by atoms with Crippen molar-refractivity contribution in [3.05, 3.63) is 113 Å². The third-order valence-corrected chi connectivity index (χ3v) is 9.71. The number of urea groups is 1. The highest BCUT2D eigenvalue weighted by molar-refractivity contribution is 6.09. The Hall–Kier alpha value is -5.98. The Morgan fingerprint density at radius 2 is 1.61 bits per heavy atom. The van der Waals surface area contributed by atoms with Crippen molar-refractivity contribution in [2.75, 3.05) is 57.7 Å². The number of morpholine rings is 1. The molecule has 1 fully saturated rings. The van der Waals surface area contributed by atoms with E-state index in [4.69, 9.17) is 24.7 Å². The lowest BCUT2D eigenvalue weighted by atomic mass is 9.84. The summed E-state index contributed by atoms with van der Waals surface area (Å²) in [6.07, 6.45) is 3.15. The first-order valence-electron chi connectivity index (χ1n) is 18.7. The van der Waals surface area contributed by atoms with E-state index in [-0.39, 0.29) is 11.2 Å². The van der Waals surface area contributed by atoms with Gasteiger partial charge in [-0.1, -0.05) is 45.0 Å². The molecular weight excluding hydrogens is 711 g/mol. The van der Waals surface area contributed by atoms with Crippen LogP contribution in [-0.4, -0.2) is 74.7 Å². The maximum absolute atomic E-state index is 13.7. The quantitative estimate of drug-likeness (QED) is 0.0957. The first-order valence-corrected chi connectivity index (χ1v) is 18.7. The van der Waals surface area contributed by atoms with E-state index in [9.17, 15) is 14.4 Å². The number of ether oxygens (including phenoxy) is 4. The summed E-state index contributed by atoms with van der Waals surface area (Å²) in [7, 11) is 3.04. The summed E-state index contributed by atoms with van der Waals surface area (Å²) in [5, 5.41) is 7.50. The van der Waals surface area contributed by atoms with Crippen LogP contribution in [-0.2, 0) is 16.6 Å². The van der Waals surface area contributed by atoms with E-state index in [2.05, 4.69) is 41.3 Å². The number of aromatic nitrogens is 1. The number of pyridine rings is 1. The van der Waals surface area contributed by atoms with Crippen molar-refractivity contribution in [2.45, 2.75) is 45.4 Å². The van der Waals surface area contributed by atoms with Crippen LogP contribution in [0, 0.1) is 0 Å². The van der Waals surface area contributed by atoms with Crippen LogP contribution in [0.4, 0.5) is 16.2 Å². The molecule has 4 aromatic carbocycles. The van der Waals surface area contributed by atoms with E-state index >= 15 is 0 Å². The molecule has 4 N–H and O–H groups in total. The Balaban J connectivity index is 1.20. The molecule has 0 unspecified atom stereocenters. The standard InChI is InChI=1S/C44H49N5O7/c1-44(2,3)30-25-36(39(50)11-8-16-49-17-19-55-20-18-49)41(54-5)38(26-30)48-43(52)47-37-12-13-40(35-10-7-6-9-34(35)37)56-32-14-15-46-31(27-32)22-28-21-29(42(45)51)24-33(23-28)53-4/h6-7,9-10,12-15,21,23-27H,8,11,16-20,22H2,1-5H3,(H2,45,51)(H2,47,48,52). The number of carbonyl (C=O) groups is 3. The van der Waals surface area contributed by atoms with E-state index in [1.807, 2.05) is 48.5 Å². The third-order valence-electron chi connectivity index (χ3n) is 9.71. The maximum Gasteiger partial charge on any atom is 0.323 e. The van der Waals surface area contributed by atoms with Crippen molar-refractivity contribution < 1.29 is 33.3 Å². The molecule has 1 saturated heterocycles. The van der Waals surface area contributed by atoms with Crippen LogP contribution in [0.1, 0.15) is 71.1 Å². The molecule has 292 valence electrons. The topological polar surface area (TPSA) is 154 Å². The van der Waals surface area contributed by atoms with E-state index in [1.165, 1.54) is 14.2 Å². The van der Waals surface area contributed by atoms with Gasteiger partial charge < -0.3 is 35.3 Å². The molecule has 0 saturated carbocycles. The molecule has 1 aliphatic heterocycles. The monoisotopic (exact) mass is 759 g/mol. The summed E-state index contributed by atoms with van der Waals surface area (Å²) in [5.74, 6) is 1.42. The van der Waals surface area contributed by atoms with Crippen LogP contribution < -0.4 is 30.6 Å². The maximum atomic E-state index is 13.7. The molecule has 0 atom stereocenters. The number of Topliss-reactive ketones (excluding diaryl/α,β-unsaturated/α-hetero) is 1. The lowest BCUT2D eigenvalue weighted by Crippen LogP contribution is -2.36. The minimum Gasteiger partial charge on any atom is -0.497 e. The lowest BCUT2D eigenvalue weighted by molar-refractivity contribution is 0.0371. The molecule has 2 heterocycles. The minimum absolute atomic E-state index is 0.0370. The van der Waals surface area contributed by atoms with Gasteiger partial charge in [0.2, 0.25) is 5.91 Å². The number of ketones is 1. The number of primary amides is 1. The zero-order valence-electron chi connectivity index (χ0n) is 32.6. The summed E-state index contributed by atoms with van der Waals surface area (Å²) in [5.41, 5.74) is 9.43. The molecule has 56 heavy (non-hydrogen) atoms. The van der Waals surface area contributed by atoms with Crippen LogP contribution >= 0.6 is 0 Å². The summed E-state index contributed by atoms with van der Waals surface area (Å²) in [4.78, 5) is 46.0. The van der Waals surface area contributed by atoms with Crippen molar-refractivity contribution in [2.24, 2.45) is 5.73 Å². The molecule has 0 radical (unpaired) electrons. The number of nitrogens with one attached hydrogen (secondary N) is 2. The highest BCUT2D eigenvalue weighted by Crippen LogP contribution is 2.38. The van der Waals surface area contributed by atoms with Crippen LogP contribution in [0.2, 0.25) is 0 Å². The van der Waals surface area contributed by atoms with Crippen molar-refractivity contribution >= 4 is 39.9 Å². The van der Waals surface area contributed by atoms with Gasteiger partial charge in [0, 0.05) is 60.2 Å². The highest BCUT2D eigenvalue weighted by atomic mass is 16.5. The van der Waals surface area contributed by atoms with E-state index in [0.29, 0.717) is 83.7 Å². The normalized spacial score (nSPS) is 13.2. The second kappa shape index (κ2) is 17.7. The van der Waals surface area contributed by atoms with Gasteiger partial charge in [-0.2, -0.15) is 0 Å².